The van der Waals surface area contributed by atoms with Crippen molar-refractivity contribution in [3.63, 3.8) is 0 Å². The molecular weight excluding hydrogens is 299 g/mol. The number of nitrogens with one attached hydrogen (secondary N) is 2. The Hall–Kier alpha value is -2.70. The molecule has 0 saturated carbocycles. The molecule has 1 heterocycles. The molecule has 0 unspecified atom stereocenters. The molecule has 0 bridgehead atoms. The standard InChI is InChI=1S/C16H19FN4O2/c1-11-13(9-19-20-11)10-21(2)15(22)7-8-18-16(23)12-3-5-14(17)6-4-12/h3-6,9H,7-8,10H2,1-2H3,(H,18,23)(H,19,20). The first-order valence-corrected chi connectivity index (χ1v) is 7.24. The molecule has 1 aromatic carbocycles. The van der Waals surface area contributed by atoms with E-state index in [-0.39, 0.29) is 24.8 Å². The highest BCUT2D eigenvalue weighted by atomic mass is 19.1. The van der Waals surface area contributed by atoms with Gasteiger partial charge in [0.05, 0.1) is 6.20 Å². The molecule has 2 N–H and O–H groups in total. The van der Waals surface area contributed by atoms with Crippen LogP contribution >= 0.6 is 0 Å². The van der Waals surface area contributed by atoms with Gasteiger partial charge < -0.3 is 10.2 Å². The molecule has 1 aromatic heterocycles. The minimum Gasteiger partial charge on any atom is -0.352 e. The fraction of sp³-hybridized carbons (Fsp3) is 0.312. The van der Waals surface area contributed by atoms with Crippen molar-refractivity contribution >= 4 is 11.8 Å². The molecule has 23 heavy (non-hydrogen) atoms. The van der Waals surface area contributed by atoms with Gasteiger partial charge in [0.15, 0.2) is 0 Å². The molecule has 0 radical (unpaired) electrons. The lowest BCUT2D eigenvalue weighted by Gasteiger charge is -2.17. The van der Waals surface area contributed by atoms with Gasteiger partial charge in [0.25, 0.3) is 5.91 Å². The van der Waals surface area contributed by atoms with E-state index in [0.717, 1.165) is 11.3 Å². The second-order valence-electron chi connectivity index (χ2n) is 5.28. The predicted molar refractivity (Wildman–Crippen MR) is 83.1 cm³/mol. The van der Waals surface area contributed by atoms with Gasteiger partial charge >= 0.3 is 0 Å². The lowest BCUT2D eigenvalue weighted by molar-refractivity contribution is -0.130. The molecule has 6 nitrogen and oxygen atoms in total. The van der Waals surface area contributed by atoms with Gasteiger partial charge in [0.1, 0.15) is 5.82 Å². The van der Waals surface area contributed by atoms with Crippen molar-refractivity contribution in [1.82, 2.24) is 20.4 Å². The van der Waals surface area contributed by atoms with E-state index < -0.39 is 5.82 Å². The predicted octanol–water partition coefficient (Wildman–Crippen LogP) is 1.64. The zero-order valence-corrected chi connectivity index (χ0v) is 13.1. The van der Waals surface area contributed by atoms with Gasteiger partial charge in [-0.05, 0) is 31.2 Å². The molecule has 2 aromatic rings. The summed E-state index contributed by atoms with van der Waals surface area (Å²) in [7, 11) is 1.70. The van der Waals surface area contributed by atoms with Gasteiger partial charge in [-0.3, -0.25) is 14.7 Å². The smallest absolute Gasteiger partial charge is 0.251 e. The number of carbonyl (C=O) groups excluding carboxylic acids is 2. The number of carbonyl (C=O) groups is 2. The van der Waals surface area contributed by atoms with Crippen LogP contribution in [0.5, 0.6) is 0 Å². The zero-order valence-electron chi connectivity index (χ0n) is 13.1. The van der Waals surface area contributed by atoms with E-state index in [2.05, 4.69) is 15.5 Å². The van der Waals surface area contributed by atoms with Crippen LogP contribution in [-0.2, 0) is 11.3 Å². The third kappa shape index (κ3) is 4.64. The van der Waals surface area contributed by atoms with E-state index in [4.69, 9.17) is 0 Å². The molecule has 2 rings (SSSR count). The van der Waals surface area contributed by atoms with E-state index in [1.807, 2.05) is 6.92 Å². The first kappa shape index (κ1) is 16.7. The van der Waals surface area contributed by atoms with Crippen LogP contribution in [-0.4, -0.2) is 40.5 Å². The lowest BCUT2D eigenvalue weighted by Crippen LogP contribution is -2.32. The van der Waals surface area contributed by atoms with Crippen LogP contribution in [0.25, 0.3) is 0 Å². The topological polar surface area (TPSA) is 78.1 Å². The van der Waals surface area contributed by atoms with Gasteiger partial charge in [-0.25, -0.2) is 4.39 Å². The highest BCUT2D eigenvalue weighted by Crippen LogP contribution is 2.07. The number of rotatable bonds is 6. The Kier molecular flexibility index (Phi) is 5.46. The number of halogens is 1. The summed E-state index contributed by atoms with van der Waals surface area (Å²) in [5.41, 5.74) is 2.24. The van der Waals surface area contributed by atoms with Gasteiger partial charge in [-0.2, -0.15) is 5.10 Å². The summed E-state index contributed by atoms with van der Waals surface area (Å²) in [4.78, 5) is 25.5. The van der Waals surface area contributed by atoms with E-state index in [1.165, 1.54) is 24.3 Å². The first-order valence-electron chi connectivity index (χ1n) is 7.24. The zero-order chi connectivity index (χ0) is 16.8. The molecule has 122 valence electrons. The summed E-state index contributed by atoms with van der Waals surface area (Å²) in [5.74, 6) is -0.802. The quantitative estimate of drug-likeness (QED) is 0.850. The molecule has 0 spiro atoms. The second-order valence-corrected chi connectivity index (χ2v) is 5.28. The Labute approximate surface area is 133 Å². The second kappa shape index (κ2) is 7.53. The van der Waals surface area contributed by atoms with Gasteiger partial charge in [-0.15, -0.1) is 0 Å². The van der Waals surface area contributed by atoms with E-state index in [9.17, 15) is 14.0 Å². The molecule has 7 heteroatoms. The number of aromatic nitrogens is 2. The number of aryl methyl sites for hydroxylation is 1. The molecule has 2 amide bonds. The summed E-state index contributed by atoms with van der Waals surface area (Å²) >= 11 is 0. The van der Waals surface area contributed by atoms with Gasteiger partial charge in [-0.1, -0.05) is 0 Å². The lowest BCUT2D eigenvalue weighted by atomic mass is 10.2. The van der Waals surface area contributed by atoms with Crippen molar-refractivity contribution < 1.29 is 14.0 Å². The molecule has 0 aliphatic carbocycles. The van der Waals surface area contributed by atoms with Crippen LogP contribution in [0.1, 0.15) is 28.0 Å². The maximum absolute atomic E-state index is 12.8. The minimum atomic E-state index is -0.395. The van der Waals surface area contributed by atoms with Crippen molar-refractivity contribution in [1.29, 1.82) is 0 Å². The van der Waals surface area contributed by atoms with Crippen LogP contribution in [0, 0.1) is 12.7 Å². The summed E-state index contributed by atoms with van der Waals surface area (Å²) in [5, 5.41) is 9.38. The highest BCUT2D eigenvalue weighted by Gasteiger charge is 2.12. The van der Waals surface area contributed by atoms with E-state index in [0.29, 0.717) is 12.1 Å². The van der Waals surface area contributed by atoms with Crippen molar-refractivity contribution in [2.45, 2.75) is 19.9 Å². The number of aromatic amines is 1. The summed E-state index contributed by atoms with van der Waals surface area (Å²) < 4.78 is 12.8. The molecule has 0 saturated heterocycles. The third-order valence-electron chi connectivity index (χ3n) is 3.50. The summed E-state index contributed by atoms with van der Waals surface area (Å²) in [6.07, 6.45) is 1.88. The Balaban J connectivity index is 1.76. The fourth-order valence-corrected chi connectivity index (χ4v) is 2.06. The third-order valence-corrected chi connectivity index (χ3v) is 3.50. The summed E-state index contributed by atoms with van der Waals surface area (Å²) in [6, 6.07) is 5.25. The summed E-state index contributed by atoms with van der Waals surface area (Å²) in [6.45, 7) is 2.58. The maximum atomic E-state index is 12.8. The number of hydrogen-bond donors (Lipinski definition) is 2. The van der Waals surface area contributed by atoms with Crippen molar-refractivity contribution in [2.24, 2.45) is 0 Å². The first-order chi connectivity index (χ1) is 11.0. The van der Waals surface area contributed by atoms with Crippen LogP contribution < -0.4 is 5.32 Å². The molecule has 0 aliphatic heterocycles. The average Bonchev–Trinajstić information content (AvgIpc) is 2.92. The van der Waals surface area contributed by atoms with Gasteiger partial charge in [0.2, 0.25) is 5.91 Å². The minimum absolute atomic E-state index is 0.0787. The molecule has 0 fully saturated rings. The van der Waals surface area contributed by atoms with Crippen molar-refractivity contribution in [3.8, 4) is 0 Å². The number of amides is 2. The van der Waals surface area contributed by atoms with Crippen LogP contribution in [0.2, 0.25) is 0 Å². The van der Waals surface area contributed by atoms with Crippen molar-refractivity contribution in [2.75, 3.05) is 13.6 Å². The van der Waals surface area contributed by atoms with E-state index in [1.54, 1.807) is 18.1 Å². The molecule has 0 aliphatic rings. The van der Waals surface area contributed by atoms with Crippen LogP contribution in [0.3, 0.4) is 0 Å². The average molecular weight is 318 g/mol. The molecular formula is C16H19FN4O2. The normalized spacial score (nSPS) is 10.4. The monoisotopic (exact) mass is 318 g/mol. The SMILES string of the molecule is Cc1[nH]ncc1CN(C)C(=O)CCNC(=O)c1ccc(F)cc1. The number of H-pyrrole nitrogens is 1. The maximum Gasteiger partial charge on any atom is 0.251 e. The number of hydrogen-bond acceptors (Lipinski definition) is 3. The number of benzene rings is 1. The van der Waals surface area contributed by atoms with Crippen molar-refractivity contribution in [3.05, 3.63) is 53.1 Å². The Morgan fingerprint density at radius 2 is 2.00 bits per heavy atom. The fourth-order valence-electron chi connectivity index (χ4n) is 2.06. The number of nitrogens with zero attached hydrogens (tertiary/aromatic N) is 2. The Morgan fingerprint density at radius 3 is 2.61 bits per heavy atom. The van der Waals surface area contributed by atoms with Gasteiger partial charge in [0, 0.05) is 43.4 Å². The largest absolute Gasteiger partial charge is 0.352 e. The van der Waals surface area contributed by atoms with E-state index >= 15 is 0 Å². The Morgan fingerprint density at radius 1 is 1.30 bits per heavy atom. The van der Waals surface area contributed by atoms with Crippen LogP contribution in [0.15, 0.2) is 30.5 Å². The Bertz CT molecular complexity index is 682. The van der Waals surface area contributed by atoms with Crippen LogP contribution in [0.4, 0.5) is 4.39 Å². The molecule has 0 atom stereocenters. The highest BCUT2D eigenvalue weighted by molar-refractivity contribution is 5.94.